The molecule has 0 saturated carbocycles. The first-order chi connectivity index (χ1) is 21.1. The molecule has 0 bridgehead atoms. The summed E-state index contributed by atoms with van der Waals surface area (Å²) in [6.07, 6.45) is 3.42. The summed E-state index contributed by atoms with van der Waals surface area (Å²) in [6.45, 7) is 4.57. The molecule has 2 fully saturated rings. The number of amides is 1. The van der Waals surface area contributed by atoms with Crippen LogP contribution in [0, 0.1) is 5.92 Å². The van der Waals surface area contributed by atoms with Crippen molar-refractivity contribution in [1.82, 2.24) is 19.9 Å². The molecule has 0 radical (unpaired) electrons. The van der Waals surface area contributed by atoms with Crippen LogP contribution in [0.25, 0.3) is 11.3 Å². The van der Waals surface area contributed by atoms with E-state index in [2.05, 4.69) is 32.1 Å². The van der Waals surface area contributed by atoms with Gasteiger partial charge < -0.3 is 14.7 Å². The van der Waals surface area contributed by atoms with E-state index in [1.165, 1.54) is 36.9 Å². The van der Waals surface area contributed by atoms with Crippen LogP contribution in [0.2, 0.25) is 0 Å². The Morgan fingerprint density at radius 3 is 2.52 bits per heavy atom. The number of hydrogen-bond acceptors (Lipinski definition) is 9. The van der Waals surface area contributed by atoms with Crippen molar-refractivity contribution >= 4 is 34.2 Å². The third-order valence-corrected chi connectivity index (χ3v) is 9.26. The van der Waals surface area contributed by atoms with Crippen molar-refractivity contribution in [1.29, 1.82) is 0 Å². The number of nitrogens with zero attached hydrogens (tertiary/aromatic N) is 5. The van der Waals surface area contributed by atoms with Crippen molar-refractivity contribution in [3.63, 3.8) is 0 Å². The summed E-state index contributed by atoms with van der Waals surface area (Å²) in [7, 11) is 1.20. The van der Waals surface area contributed by atoms with E-state index in [9.17, 15) is 27.9 Å². The summed E-state index contributed by atoms with van der Waals surface area (Å²) in [5.74, 6) is -1.45. The highest BCUT2D eigenvalue weighted by atomic mass is 32.1. The molecule has 2 aliphatic rings. The topological polar surface area (TPSA) is 121 Å². The number of rotatable bonds is 9. The third-order valence-electron chi connectivity index (χ3n) is 8.30. The number of methoxy groups -OCH3 is 1. The minimum Gasteiger partial charge on any atom is -0.496 e. The van der Waals surface area contributed by atoms with E-state index in [0.29, 0.717) is 50.0 Å². The van der Waals surface area contributed by atoms with Crippen LogP contribution >= 0.6 is 11.3 Å². The smallest absolute Gasteiger partial charge is 0.419 e. The van der Waals surface area contributed by atoms with Crippen LogP contribution < -0.4 is 15.0 Å². The predicted molar refractivity (Wildman–Crippen MR) is 160 cm³/mol. The van der Waals surface area contributed by atoms with Gasteiger partial charge in [0.05, 0.1) is 36.7 Å². The first kappa shape index (κ1) is 31.6. The number of aromatic nitrogens is 3. The first-order valence-corrected chi connectivity index (χ1v) is 15.5. The van der Waals surface area contributed by atoms with E-state index in [-0.39, 0.29) is 28.1 Å². The molecule has 1 aromatic carbocycles. The summed E-state index contributed by atoms with van der Waals surface area (Å²) >= 11 is 1.23. The Hall–Kier alpha value is -3.78. The number of thiazole rings is 1. The van der Waals surface area contributed by atoms with Crippen LogP contribution in [0.4, 0.5) is 24.1 Å². The summed E-state index contributed by atoms with van der Waals surface area (Å²) in [6, 6.07) is 4.24. The molecular weight excluding hydrogens is 597 g/mol. The monoisotopic (exact) mass is 632 g/mol. The van der Waals surface area contributed by atoms with Crippen molar-refractivity contribution in [2.24, 2.45) is 5.92 Å². The second-order valence-electron chi connectivity index (χ2n) is 11.0. The standard InChI is InChI=1S/C30H35F3N6O4S/c1-3-20-6-4-5-11-39(20)17-24-26(19-7-8-23(43-2)21(14-19)30(31,32)33)36-29(44-24)37-27(40)22-15-35-25(16-34-22)38-12-9-18(10-13-38)28(41)42/h7-8,14-16,18,20H,3-6,9-13,17H2,1-2H3,(H,41,42)(H,36,37,40). The van der Waals surface area contributed by atoms with Crippen molar-refractivity contribution in [3.8, 4) is 17.0 Å². The minimum absolute atomic E-state index is 0.0540. The number of alkyl halides is 3. The molecule has 2 N–H and O–H groups in total. The highest BCUT2D eigenvalue weighted by molar-refractivity contribution is 7.16. The summed E-state index contributed by atoms with van der Waals surface area (Å²) in [5, 5.41) is 12.2. The Bertz CT molecular complexity index is 1470. The number of carboxylic acids is 1. The number of ether oxygens (including phenoxy) is 1. The first-order valence-electron chi connectivity index (χ1n) is 14.7. The number of halogens is 3. The molecule has 0 aliphatic carbocycles. The van der Waals surface area contributed by atoms with Gasteiger partial charge in [0.1, 0.15) is 17.3 Å². The number of nitrogens with one attached hydrogen (secondary N) is 1. The lowest BCUT2D eigenvalue weighted by molar-refractivity contribution is -0.142. The summed E-state index contributed by atoms with van der Waals surface area (Å²) in [5.41, 5.74) is -0.178. The van der Waals surface area contributed by atoms with Crippen molar-refractivity contribution in [3.05, 3.63) is 46.7 Å². The van der Waals surface area contributed by atoms with Gasteiger partial charge in [-0.3, -0.25) is 19.8 Å². The van der Waals surface area contributed by atoms with E-state index in [1.54, 1.807) is 6.07 Å². The number of aliphatic carboxylic acids is 1. The van der Waals surface area contributed by atoms with Gasteiger partial charge in [0.15, 0.2) is 5.13 Å². The van der Waals surface area contributed by atoms with Crippen molar-refractivity contribution in [2.75, 3.05) is 37.0 Å². The number of carboxylic acid groups (broad SMARTS) is 1. The number of anilines is 2. The molecule has 3 aromatic rings. The summed E-state index contributed by atoms with van der Waals surface area (Å²) in [4.78, 5) is 42.6. The maximum atomic E-state index is 13.9. The molecule has 1 amide bonds. The highest BCUT2D eigenvalue weighted by Crippen LogP contribution is 2.41. The van der Waals surface area contributed by atoms with Gasteiger partial charge in [-0.05, 0) is 56.8 Å². The van der Waals surface area contributed by atoms with Crippen LogP contribution in [0.3, 0.4) is 0 Å². The van der Waals surface area contributed by atoms with Gasteiger partial charge in [-0.1, -0.05) is 24.7 Å². The molecule has 2 aliphatic heterocycles. The fourth-order valence-corrected chi connectivity index (χ4v) is 6.85. The lowest BCUT2D eigenvalue weighted by Gasteiger charge is -2.35. The lowest BCUT2D eigenvalue weighted by Crippen LogP contribution is -2.38. The van der Waals surface area contributed by atoms with Gasteiger partial charge in [0.25, 0.3) is 5.91 Å². The molecule has 5 rings (SSSR count). The molecule has 14 heteroatoms. The number of carbonyl (C=O) groups excluding carboxylic acids is 1. The molecule has 1 atom stereocenters. The van der Waals surface area contributed by atoms with Crippen molar-refractivity contribution < 1.29 is 32.6 Å². The molecule has 44 heavy (non-hydrogen) atoms. The number of hydrogen-bond donors (Lipinski definition) is 2. The molecular formula is C30H35F3N6O4S. The zero-order valence-corrected chi connectivity index (χ0v) is 25.4. The Morgan fingerprint density at radius 2 is 1.89 bits per heavy atom. The van der Waals surface area contributed by atoms with Crippen LogP contribution in [-0.2, 0) is 17.5 Å². The largest absolute Gasteiger partial charge is 0.496 e. The molecule has 1 unspecified atom stereocenters. The maximum absolute atomic E-state index is 13.9. The van der Waals surface area contributed by atoms with E-state index < -0.39 is 23.6 Å². The highest BCUT2D eigenvalue weighted by Gasteiger charge is 2.35. The van der Waals surface area contributed by atoms with E-state index in [4.69, 9.17) is 4.74 Å². The van der Waals surface area contributed by atoms with E-state index in [1.807, 2.05) is 4.90 Å². The third kappa shape index (κ3) is 7.12. The van der Waals surface area contributed by atoms with E-state index >= 15 is 0 Å². The zero-order chi connectivity index (χ0) is 31.4. The Labute approximate surface area is 257 Å². The molecule has 4 heterocycles. The predicted octanol–water partition coefficient (Wildman–Crippen LogP) is 5.95. The van der Waals surface area contributed by atoms with Crippen LogP contribution in [0.1, 0.15) is 66.4 Å². The zero-order valence-electron chi connectivity index (χ0n) is 24.6. The average Bonchev–Trinajstić information content (AvgIpc) is 3.42. The number of likely N-dealkylation sites (tertiary alicyclic amines) is 1. The second kappa shape index (κ2) is 13.5. The molecule has 2 aromatic heterocycles. The van der Waals surface area contributed by atoms with Crippen LogP contribution in [0.15, 0.2) is 30.6 Å². The second-order valence-corrected chi connectivity index (χ2v) is 12.1. The number of benzene rings is 1. The fourth-order valence-electron chi connectivity index (χ4n) is 5.85. The van der Waals surface area contributed by atoms with Gasteiger partial charge in [0, 0.05) is 36.1 Å². The van der Waals surface area contributed by atoms with Crippen LogP contribution in [0.5, 0.6) is 5.75 Å². The van der Waals surface area contributed by atoms with Gasteiger partial charge in [-0.15, -0.1) is 0 Å². The van der Waals surface area contributed by atoms with Gasteiger partial charge in [-0.2, -0.15) is 13.2 Å². The SMILES string of the molecule is CCC1CCCCN1Cc1sc(NC(=O)c2cnc(N3CCC(C(=O)O)CC3)cn2)nc1-c1ccc(OC)c(C(F)(F)F)c1. The Balaban J connectivity index is 1.38. The molecule has 10 nitrogen and oxygen atoms in total. The van der Waals surface area contributed by atoms with Gasteiger partial charge in [0.2, 0.25) is 0 Å². The minimum atomic E-state index is -4.62. The van der Waals surface area contributed by atoms with Crippen molar-refractivity contribution in [2.45, 2.75) is 64.2 Å². The van der Waals surface area contributed by atoms with Crippen LogP contribution in [-0.4, -0.2) is 69.6 Å². The lowest BCUT2D eigenvalue weighted by atomic mass is 9.97. The average molecular weight is 633 g/mol. The molecule has 2 saturated heterocycles. The maximum Gasteiger partial charge on any atom is 0.419 e. The molecule has 236 valence electrons. The Morgan fingerprint density at radius 1 is 1.11 bits per heavy atom. The quantitative estimate of drug-likeness (QED) is 0.295. The fraction of sp³-hybridized carbons (Fsp3) is 0.500. The normalized spacial score (nSPS) is 18.3. The molecule has 0 spiro atoms. The van der Waals surface area contributed by atoms with Gasteiger partial charge in [-0.25, -0.2) is 15.0 Å². The number of carbonyl (C=O) groups is 2. The number of piperidine rings is 2. The van der Waals surface area contributed by atoms with Gasteiger partial charge >= 0.3 is 12.1 Å². The van der Waals surface area contributed by atoms with E-state index in [0.717, 1.165) is 43.2 Å². The Kier molecular flexibility index (Phi) is 9.68. The summed E-state index contributed by atoms with van der Waals surface area (Å²) < 4.78 is 46.5.